The van der Waals surface area contributed by atoms with E-state index < -0.39 is 0 Å². The molecule has 0 saturated heterocycles. The number of nitrogens with zero attached hydrogens (tertiary/aromatic N) is 1. The van der Waals surface area contributed by atoms with Gasteiger partial charge in [0.2, 0.25) is 0 Å². The van der Waals surface area contributed by atoms with E-state index in [-0.39, 0.29) is 0 Å². The maximum Gasteiger partial charge on any atom is 0.128 e. The zero-order valence-electron chi connectivity index (χ0n) is 24.4. The average Bonchev–Trinajstić information content (AvgIpc) is 3.03. The summed E-state index contributed by atoms with van der Waals surface area (Å²) in [5.41, 5.74) is 13.0. The van der Waals surface area contributed by atoms with E-state index in [2.05, 4.69) is 142 Å². The lowest BCUT2D eigenvalue weighted by Gasteiger charge is -2.18. The van der Waals surface area contributed by atoms with E-state index in [1.54, 1.807) is 0 Å². The third kappa shape index (κ3) is 4.33. The summed E-state index contributed by atoms with van der Waals surface area (Å²) in [4.78, 5) is 4.81. The van der Waals surface area contributed by atoms with Gasteiger partial charge in [-0.3, -0.25) is 4.98 Å². The summed E-state index contributed by atoms with van der Waals surface area (Å²) in [5, 5.41) is 7.68. The number of aromatic nitrogens is 1. The Bertz CT molecular complexity index is 2240. The van der Waals surface area contributed by atoms with Gasteiger partial charge in [0.25, 0.3) is 0 Å². The van der Waals surface area contributed by atoms with Crippen molar-refractivity contribution in [2.75, 3.05) is 0 Å². The van der Waals surface area contributed by atoms with Gasteiger partial charge >= 0.3 is 0 Å². The van der Waals surface area contributed by atoms with Crippen LogP contribution in [0.3, 0.4) is 0 Å². The van der Waals surface area contributed by atoms with E-state index in [9.17, 15) is 0 Å². The molecule has 0 aliphatic carbocycles. The molecule has 1 heteroatoms. The third-order valence-electron chi connectivity index (χ3n) is 8.67. The molecule has 43 heavy (non-hydrogen) atoms. The largest absolute Gasteiger partial charge is 0.256 e. The highest BCUT2D eigenvalue weighted by atomic mass is 14.7. The third-order valence-corrected chi connectivity index (χ3v) is 8.67. The second-order valence-electron chi connectivity index (χ2n) is 11.7. The molecule has 0 amide bonds. The van der Waals surface area contributed by atoms with Gasteiger partial charge in [0.05, 0.1) is 17.8 Å². The van der Waals surface area contributed by atoms with Crippen molar-refractivity contribution in [3.63, 3.8) is 0 Å². The average molecular weight is 549 g/mol. The van der Waals surface area contributed by atoms with Crippen molar-refractivity contribution < 1.29 is 0 Å². The van der Waals surface area contributed by atoms with Gasteiger partial charge < -0.3 is 0 Å². The first kappa shape index (κ1) is 25.3. The van der Waals surface area contributed by atoms with Crippen LogP contribution >= 0.6 is 0 Å². The molecule has 0 aliphatic rings. The Hall–Kier alpha value is -5.40. The van der Waals surface area contributed by atoms with Crippen LogP contribution in [0.4, 0.5) is 0 Å². The van der Waals surface area contributed by atoms with Crippen molar-refractivity contribution >= 4 is 32.3 Å². The van der Waals surface area contributed by atoms with Crippen LogP contribution in [0, 0.1) is 20.8 Å². The van der Waals surface area contributed by atoms with Crippen LogP contribution in [-0.4, -0.2) is 4.98 Å². The van der Waals surface area contributed by atoms with Gasteiger partial charge in [0, 0.05) is 45.8 Å². The van der Waals surface area contributed by atoms with E-state index in [0.717, 1.165) is 22.4 Å². The molecule has 202 valence electrons. The number of hydrogen-bond acceptors (Lipinski definition) is 1. The molecule has 0 spiro atoms. The monoisotopic (exact) mass is 548 g/mol. The Labute approximate surface area is 252 Å². The Morgan fingerprint density at radius 1 is 0.465 bits per heavy atom. The maximum absolute atomic E-state index is 4.81. The van der Waals surface area contributed by atoms with Gasteiger partial charge in [0.1, 0.15) is 5.56 Å². The molecule has 7 aromatic carbocycles. The van der Waals surface area contributed by atoms with Crippen LogP contribution in [0.25, 0.3) is 77.0 Å². The number of aryl methyl sites for hydroxylation is 2. The van der Waals surface area contributed by atoms with Gasteiger partial charge in [-0.05, 0) is 76.7 Å². The zero-order valence-corrected chi connectivity index (χ0v) is 24.4. The Balaban J connectivity index is 1.30. The summed E-state index contributed by atoms with van der Waals surface area (Å²) >= 11 is 0. The van der Waals surface area contributed by atoms with E-state index in [0.29, 0.717) is 0 Å². The van der Waals surface area contributed by atoms with Gasteiger partial charge in [-0.25, -0.2) is 0 Å². The van der Waals surface area contributed by atoms with Crippen molar-refractivity contribution in [2.45, 2.75) is 13.8 Å². The fourth-order valence-electron chi connectivity index (χ4n) is 6.77. The summed E-state index contributed by atoms with van der Waals surface area (Å²) in [5.74, 6) is 0. The van der Waals surface area contributed by atoms with E-state index in [1.807, 2.05) is 12.3 Å². The molecular weight excluding hydrogens is 518 g/mol. The van der Waals surface area contributed by atoms with Gasteiger partial charge in [-0.15, -0.1) is 0 Å². The highest BCUT2D eigenvalue weighted by Gasteiger charge is 2.19. The minimum atomic E-state index is 0.974. The Morgan fingerprint density at radius 3 is 1.70 bits per heavy atom. The molecule has 0 bridgehead atoms. The first-order valence-electron chi connectivity index (χ1n) is 14.8. The quantitative estimate of drug-likeness (QED) is 0.157. The summed E-state index contributed by atoms with van der Waals surface area (Å²) in [6.45, 7) is 8.61. The highest BCUT2D eigenvalue weighted by Crippen LogP contribution is 2.44. The first-order valence-corrected chi connectivity index (χ1v) is 14.8. The molecule has 0 unspecified atom stereocenters. The predicted molar refractivity (Wildman–Crippen MR) is 184 cm³/mol. The lowest BCUT2D eigenvalue weighted by molar-refractivity contribution is 1.32. The van der Waals surface area contributed by atoms with Crippen LogP contribution in [0.2, 0.25) is 0 Å². The van der Waals surface area contributed by atoms with E-state index >= 15 is 0 Å². The minimum Gasteiger partial charge on any atom is -0.256 e. The molecule has 8 aromatic rings. The minimum absolute atomic E-state index is 0.974. The fraction of sp³-hybridized carbons (Fsp3) is 0.0476. The Morgan fingerprint density at radius 2 is 1.07 bits per heavy atom. The summed E-state index contributed by atoms with van der Waals surface area (Å²) in [7, 11) is 0. The fourth-order valence-corrected chi connectivity index (χ4v) is 6.77. The lowest BCUT2D eigenvalue weighted by Crippen LogP contribution is -1.92. The molecular formula is C42H30N+. The molecule has 0 N–H and O–H groups in total. The van der Waals surface area contributed by atoms with Gasteiger partial charge in [-0.1, -0.05) is 102 Å². The van der Waals surface area contributed by atoms with Crippen LogP contribution < -0.4 is 0 Å². The SMILES string of the molecule is [CH2+]c1cc2ccc3c(-c4ccc(-c5ccc(-c6ccccc6)cn5)cc4)cc(-c4cc(C)cc(C)c4)c4ccc(c1)c2c34. The molecule has 1 aromatic heterocycles. The second kappa shape index (κ2) is 9.86. The number of benzene rings is 7. The zero-order chi connectivity index (χ0) is 29.1. The van der Waals surface area contributed by atoms with Crippen molar-refractivity contribution in [2.24, 2.45) is 0 Å². The molecule has 0 radical (unpaired) electrons. The predicted octanol–water partition coefficient (Wildman–Crippen LogP) is 11.4. The normalized spacial score (nSPS) is 11.6. The van der Waals surface area contributed by atoms with Crippen molar-refractivity contribution in [3.8, 4) is 44.6 Å². The maximum atomic E-state index is 4.81. The van der Waals surface area contributed by atoms with Gasteiger partial charge in [-0.2, -0.15) is 0 Å². The van der Waals surface area contributed by atoms with E-state index in [4.69, 9.17) is 4.98 Å². The molecule has 0 fully saturated rings. The molecule has 0 atom stereocenters. The number of pyridine rings is 1. The van der Waals surface area contributed by atoms with Crippen molar-refractivity contribution in [1.82, 2.24) is 4.98 Å². The topological polar surface area (TPSA) is 12.9 Å². The standard InChI is InChI=1S/C42H30N/c1-26-19-27(2)23-35(22-26)39-24-38(36-16-13-32-20-28(3)21-33-14-17-37(39)42(36)41(32)33)30-9-11-31(12-10-30)40-18-15-34(25-43-40)29-7-5-4-6-8-29/h4-25H,3H2,1-2H3/q+1. The molecule has 0 aliphatic heterocycles. The van der Waals surface area contributed by atoms with Crippen LogP contribution in [0.5, 0.6) is 0 Å². The van der Waals surface area contributed by atoms with E-state index in [1.165, 1.54) is 71.3 Å². The molecule has 1 heterocycles. The molecule has 8 rings (SSSR count). The summed E-state index contributed by atoms with van der Waals surface area (Å²) < 4.78 is 0. The van der Waals surface area contributed by atoms with Crippen LogP contribution in [0.1, 0.15) is 16.7 Å². The number of hydrogen-bond donors (Lipinski definition) is 0. The van der Waals surface area contributed by atoms with Crippen molar-refractivity contribution in [3.05, 3.63) is 157 Å². The highest BCUT2D eigenvalue weighted by molar-refractivity contribution is 6.28. The van der Waals surface area contributed by atoms with Crippen molar-refractivity contribution in [1.29, 1.82) is 0 Å². The van der Waals surface area contributed by atoms with Crippen LogP contribution in [0.15, 0.2) is 134 Å². The number of rotatable bonds is 4. The van der Waals surface area contributed by atoms with Crippen LogP contribution in [-0.2, 0) is 0 Å². The summed E-state index contributed by atoms with van der Waals surface area (Å²) in [6, 6.07) is 46.3. The first-order chi connectivity index (χ1) is 21.0. The summed E-state index contributed by atoms with van der Waals surface area (Å²) in [6.07, 6.45) is 1.97. The molecule has 1 nitrogen and oxygen atoms in total. The second-order valence-corrected chi connectivity index (χ2v) is 11.7. The smallest absolute Gasteiger partial charge is 0.128 e. The Kier molecular flexibility index (Phi) is 5.80. The lowest BCUT2D eigenvalue weighted by atomic mass is 9.84. The molecule has 0 saturated carbocycles. The van der Waals surface area contributed by atoms with Gasteiger partial charge in [0.15, 0.2) is 0 Å².